The predicted molar refractivity (Wildman–Crippen MR) is 135 cm³/mol. The van der Waals surface area contributed by atoms with E-state index in [0.717, 1.165) is 48.9 Å². The van der Waals surface area contributed by atoms with Crippen molar-refractivity contribution >= 4 is 44.9 Å². The molecule has 34 heavy (non-hydrogen) atoms. The first-order valence-electron chi connectivity index (χ1n) is 11.6. The van der Waals surface area contributed by atoms with Gasteiger partial charge in [-0.1, -0.05) is 18.7 Å². The number of benzene rings is 1. The highest BCUT2D eigenvalue weighted by Gasteiger charge is 2.26. The van der Waals surface area contributed by atoms with Gasteiger partial charge in [0.1, 0.15) is 4.83 Å². The minimum absolute atomic E-state index is 0.00161. The molecule has 9 heteroatoms. The van der Waals surface area contributed by atoms with Crippen molar-refractivity contribution in [1.29, 1.82) is 5.26 Å². The van der Waals surface area contributed by atoms with Crippen LogP contribution in [-0.2, 0) is 28.9 Å². The van der Waals surface area contributed by atoms with Gasteiger partial charge < -0.3 is 10.1 Å². The number of aromatic nitrogens is 2. The number of carbonyl (C=O) groups is 1. The molecule has 1 N–H and O–H groups in total. The Balaban J connectivity index is 1.41. The van der Waals surface area contributed by atoms with Gasteiger partial charge in [0.05, 0.1) is 35.4 Å². The topological polar surface area (TPSA) is 97.0 Å². The van der Waals surface area contributed by atoms with Gasteiger partial charge in [-0.3, -0.25) is 14.2 Å². The van der Waals surface area contributed by atoms with E-state index < -0.39 is 0 Å². The summed E-state index contributed by atoms with van der Waals surface area (Å²) >= 11 is 2.91. The summed E-state index contributed by atoms with van der Waals surface area (Å²) in [6.07, 6.45) is 4.93. The lowest BCUT2D eigenvalue weighted by atomic mass is 9.89. The van der Waals surface area contributed by atoms with E-state index >= 15 is 0 Å². The molecule has 1 amide bonds. The number of anilines is 1. The molecule has 2 unspecified atom stereocenters. The van der Waals surface area contributed by atoms with E-state index in [9.17, 15) is 9.59 Å². The van der Waals surface area contributed by atoms with Gasteiger partial charge in [0, 0.05) is 17.2 Å². The average Bonchev–Trinajstić information content (AvgIpc) is 3.47. The Morgan fingerprint density at radius 3 is 2.91 bits per heavy atom. The maximum atomic E-state index is 13.7. The zero-order valence-electron chi connectivity index (χ0n) is 19.0. The second-order valence-corrected chi connectivity index (χ2v) is 11.0. The fourth-order valence-electron chi connectivity index (χ4n) is 4.62. The van der Waals surface area contributed by atoms with Crippen LogP contribution in [0.2, 0.25) is 0 Å². The minimum Gasteiger partial charge on any atom is -0.376 e. The number of fused-ring (bicyclic) bond motifs is 3. The number of nitriles is 1. The third kappa shape index (κ3) is 4.76. The fraction of sp³-hybridized carbons (Fsp3) is 0.440. The van der Waals surface area contributed by atoms with Crippen molar-refractivity contribution in [3.05, 3.63) is 50.6 Å². The third-order valence-electron chi connectivity index (χ3n) is 6.42. The Kier molecular flexibility index (Phi) is 6.73. The highest BCUT2D eigenvalue weighted by atomic mass is 32.2. The first kappa shape index (κ1) is 23.1. The van der Waals surface area contributed by atoms with E-state index in [1.807, 2.05) is 0 Å². The molecule has 3 heterocycles. The van der Waals surface area contributed by atoms with Crippen molar-refractivity contribution in [1.82, 2.24) is 9.55 Å². The van der Waals surface area contributed by atoms with Gasteiger partial charge in [-0.2, -0.15) is 5.26 Å². The summed E-state index contributed by atoms with van der Waals surface area (Å²) in [5, 5.41) is 13.1. The number of thioether (sulfide) groups is 1. The number of thiophene rings is 1. The number of hydrogen-bond donors (Lipinski definition) is 1. The molecular weight excluding hydrogens is 468 g/mol. The highest BCUT2D eigenvalue weighted by Crippen LogP contribution is 2.36. The third-order valence-corrected chi connectivity index (χ3v) is 8.55. The number of rotatable bonds is 6. The average molecular weight is 495 g/mol. The Labute approximate surface area is 206 Å². The number of ether oxygens (including phenoxy) is 1. The Hall–Kier alpha value is -2.67. The molecule has 0 radical (unpaired) electrons. The van der Waals surface area contributed by atoms with Crippen molar-refractivity contribution in [3.8, 4) is 6.07 Å². The summed E-state index contributed by atoms with van der Waals surface area (Å²) in [5.41, 5.74) is 2.33. The zero-order valence-corrected chi connectivity index (χ0v) is 20.6. The SMILES string of the molecule is CC1CCc2c(sc3nc(SCC(=O)Nc4ccc(C#N)cc4)n(CC4CCCO4)c(=O)c23)C1. The summed E-state index contributed by atoms with van der Waals surface area (Å²) in [6, 6.07) is 8.80. The lowest BCUT2D eigenvalue weighted by molar-refractivity contribution is -0.113. The molecule has 1 aliphatic heterocycles. The molecule has 0 spiro atoms. The van der Waals surface area contributed by atoms with Crippen LogP contribution in [0.5, 0.6) is 0 Å². The van der Waals surface area contributed by atoms with E-state index in [1.165, 1.54) is 22.2 Å². The molecule has 1 aromatic carbocycles. The van der Waals surface area contributed by atoms with Crippen LogP contribution in [0.4, 0.5) is 5.69 Å². The molecule has 2 aliphatic rings. The molecule has 2 aromatic heterocycles. The van der Waals surface area contributed by atoms with Gasteiger partial charge in [0.25, 0.3) is 5.56 Å². The van der Waals surface area contributed by atoms with Crippen molar-refractivity contribution in [2.45, 2.75) is 56.8 Å². The molecule has 1 aliphatic carbocycles. The Morgan fingerprint density at radius 2 is 2.18 bits per heavy atom. The molecular formula is C25H26N4O3S2. The van der Waals surface area contributed by atoms with Crippen LogP contribution >= 0.6 is 23.1 Å². The molecule has 0 saturated carbocycles. The monoisotopic (exact) mass is 494 g/mol. The predicted octanol–water partition coefficient (Wildman–Crippen LogP) is 4.36. The fourth-order valence-corrected chi connectivity index (χ4v) is 6.86. The molecule has 3 aromatic rings. The summed E-state index contributed by atoms with van der Waals surface area (Å²) < 4.78 is 7.54. The van der Waals surface area contributed by atoms with Gasteiger partial charge in [-0.05, 0) is 67.9 Å². The largest absolute Gasteiger partial charge is 0.376 e. The number of aryl methyl sites for hydroxylation is 1. The molecule has 1 fully saturated rings. The molecule has 5 rings (SSSR count). The first-order chi connectivity index (χ1) is 16.5. The minimum atomic E-state index is -0.188. The van der Waals surface area contributed by atoms with E-state index in [1.54, 1.807) is 40.2 Å². The van der Waals surface area contributed by atoms with Crippen LogP contribution < -0.4 is 10.9 Å². The maximum absolute atomic E-state index is 13.7. The van der Waals surface area contributed by atoms with Gasteiger partial charge in [-0.25, -0.2) is 4.98 Å². The number of carbonyl (C=O) groups excluding carboxylic acids is 1. The summed E-state index contributed by atoms with van der Waals surface area (Å²) in [6.45, 7) is 3.43. The lowest BCUT2D eigenvalue weighted by Crippen LogP contribution is -2.29. The molecule has 0 bridgehead atoms. The second kappa shape index (κ2) is 9.90. The standard InChI is InChI=1S/C25H26N4O3S2/c1-15-4-9-19-20(11-15)34-23-22(19)24(31)29(13-18-3-2-10-32-18)25(28-23)33-14-21(30)27-17-7-5-16(12-26)6-8-17/h5-8,15,18H,2-4,9-11,13-14H2,1H3,(H,27,30). The van der Waals surface area contributed by atoms with Crippen LogP contribution in [0.3, 0.4) is 0 Å². The maximum Gasteiger partial charge on any atom is 0.263 e. The molecule has 1 saturated heterocycles. The van der Waals surface area contributed by atoms with E-state index in [4.69, 9.17) is 15.0 Å². The Bertz CT molecular complexity index is 1320. The van der Waals surface area contributed by atoms with Crippen LogP contribution in [0.1, 0.15) is 42.2 Å². The summed E-state index contributed by atoms with van der Waals surface area (Å²) in [7, 11) is 0. The normalized spacial score (nSPS) is 19.6. The van der Waals surface area contributed by atoms with E-state index in [2.05, 4.69) is 18.3 Å². The Morgan fingerprint density at radius 1 is 1.35 bits per heavy atom. The van der Waals surface area contributed by atoms with Gasteiger partial charge in [0.2, 0.25) is 5.91 Å². The quantitative estimate of drug-likeness (QED) is 0.404. The highest BCUT2D eigenvalue weighted by molar-refractivity contribution is 7.99. The first-order valence-corrected chi connectivity index (χ1v) is 13.4. The van der Waals surface area contributed by atoms with E-state index in [0.29, 0.717) is 28.9 Å². The van der Waals surface area contributed by atoms with Crippen LogP contribution in [0.15, 0.2) is 34.2 Å². The number of hydrogen-bond acceptors (Lipinski definition) is 7. The van der Waals surface area contributed by atoms with Crippen LogP contribution in [0, 0.1) is 17.2 Å². The van der Waals surface area contributed by atoms with Crippen molar-refractivity contribution < 1.29 is 9.53 Å². The smallest absolute Gasteiger partial charge is 0.263 e. The molecule has 2 atom stereocenters. The molecule has 7 nitrogen and oxygen atoms in total. The second-order valence-electron chi connectivity index (χ2n) is 9.00. The van der Waals surface area contributed by atoms with Crippen LogP contribution in [-0.4, -0.2) is 33.9 Å². The van der Waals surface area contributed by atoms with E-state index in [-0.39, 0.29) is 23.3 Å². The number of nitrogens with zero attached hydrogens (tertiary/aromatic N) is 3. The van der Waals surface area contributed by atoms with Gasteiger partial charge >= 0.3 is 0 Å². The lowest BCUT2D eigenvalue weighted by Gasteiger charge is -2.18. The van der Waals surface area contributed by atoms with Gasteiger partial charge in [-0.15, -0.1) is 11.3 Å². The number of nitrogens with one attached hydrogen (secondary N) is 1. The number of amides is 1. The van der Waals surface area contributed by atoms with Crippen LogP contribution in [0.25, 0.3) is 10.2 Å². The molecule has 176 valence electrons. The van der Waals surface area contributed by atoms with Gasteiger partial charge in [0.15, 0.2) is 5.16 Å². The van der Waals surface area contributed by atoms with Crippen molar-refractivity contribution in [2.75, 3.05) is 17.7 Å². The van der Waals surface area contributed by atoms with Crippen molar-refractivity contribution in [2.24, 2.45) is 5.92 Å². The van der Waals surface area contributed by atoms with Crippen molar-refractivity contribution in [3.63, 3.8) is 0 Å². The zero-order chi connectivity index (χ0) is 23.7. The summed E-state index contributed by atoms with van der Waals surface area (Å²) in [5.74, 6) is 0.562. The summed E-state index contributed by atoms with van der Waals surface area (Å²) in [4.78, 5) is 33.2.